The van der Waals surface area contributed by atoms with Crippen LogP contribution in [0.3, 0.4) is 0 Å². The summed E-state index contributed by atoms with van der Waals surface area (Å²) in [5.41, 5.74) is 0.916. The summed E-state index contributed by atoms with van der Waals surface area (Å²) >= 11 is 0. The van der Waals surface area contributed by atoms with Crippen molar-refractivity contribution < 1.29 is 19.4 Å². The Morgan fingerprint density at radius 2 is 2.00 bits per heavy atom. The van der Waals surface area contributed by atoms with Gasteiger partial charge < -0.3 is 14.6 Å². The smallest absolute Gasteiger partial charge is 0.336 e. The van der Waals surface area contributed by atoms with Gasteiger partial charge in [-0.1, -0.05) is 6.92 Å². The third-order valence-corrected chi connectivity index (χ3v) is 2.23. The molecule has 0 radical (unpaired) electrons. The highest BCUT2D eigenvalue weighted by atomic mass is 16.5. The monoisotopic (exact) mass is 210 g/mol. The second kappa shape index (κ2) is 4.68. The van der Waals surface area contributed by atoms with Gasteiger partial charge in [0.15, 0.2) is 11.5 Å². The Kier molecular flexibility index (Phi) is 3.55. The van der Waals surface area contributed by atoms with E-state index in [-0.39, 0.29) is 5.56 Å². The summed E-state index contributed by atoms with van der Waals surface area (Å²) in [5.74, 6) is 0.104. The predicted molar refractivity (Wildman–Crippen MR) is 55.9 cm³/mol. The summed E-state index contributed by atoms with van der Waals surface area (Å²) in [6.45, 7) is 1.88. The molecule has 4 heteroatoms. The number of ether oxygens (including phenoxy) is 2. The van der Waals surface area contributed by atoms with Crippen molar-refractivity contribution in [2.24, 2.45) is 0 Å². The topological polar surface area (TPSA) is 55.8 Å². The quantitative estimate of drug-likeness (QED) is 0.825. The van der Waals surface area contributed by atoms with Crippen LogP contribution in [0, 0.1) is 0 Å². The second-order valence-electron chi connectivity index (χ2n) is 2.99. The van der Waals surface area contributed by atoms with Gasteiger partial charge in [-0.3, -0.25) is 0 Å². The average molecular weight is 210 g/mol. The fourth-order valence-electron chi connectivity index (χ4n) is 1.54. The van der Waals surface area contributed by atoms with E-state index in [1.807, 2.05) is 6.92 Å². The molecule has 0 aromatic heterocycles. The van der Waals surface area contributed by atoms with Crippen LogP contribution in [0.15, 0.2) is 12.1 Å². The van der Waals surface area contributed by atoms with Crippen LogP contribution in [0.5, 0.6) is 11.5 Å². The van der Waals surface area contributed by atoms with Crippen LogP contribution in [0.4, 0.5) is 0 Å². The number of carboxylic acid groups (broad SMARTS) is 1. The van der Waals surface area contributed by atoms with Crippen molar-refractivity contribution in [2.45, 2.75) is 13.3 Å². The third-order valence-electron chi connectivity index (χ3n) is 2.23. The Hall–Kier alpha value is -1.71. The summed E-state index contributed by atoms with van der Waals surface area (Å²) in [7, 11) is 3.03. The van der Waals surface area contributed by atoms with Gasteiger partial charge in [-0.15, -0.1) is 0 Å². The SMILES string of the molecule is CCc1c(C(=O)O)ccc(OC)c1OC. The number of hydrogen-bond donors (Lipinski definition) is 1. The van der Waals surface area contributed by atoms with Crippen molar-refractivity contribution in [1.82, 2.24) is 0 Å². The minimum Gasteiger partial charge on any atom is -0.493 e. The molecule has 0 saturated heterocycles. The zero-order valence-corrected chi connectivity index (χ0v) is 9.03. The molecular formula is C11H14O4. The maximum absolute atomic E-state index is 11.0. The summed E-state index contributed by atoms with van der Waals surface area (Å²) in [5, 5.41) is 8.98. The zero-order valence-electron chi connectivity index (χ0n) is 9.03. The Balaban J connectivity index is 3.40. The van der Waals surface area contributed by atoms with Gasteiger partial charge in [0.25, 0.3) is 0 Å². The van der Waals surface area contributed by atoms with Crippen molar-refractivity contribution in [3.05, 3.63) is 23.3 Å². The fourth-order valence-corrected chi connectivity index (χ4v) is 1.54. The molecule has 1 N–H and O–H groups in total. The summed E-state index contributed by atoms with van der Waals surface area (Å²) < 4.78 is 10.3. The molecule has 1 aromatic carbocycles. The van der Waals surface area contributed by atoms with Crippen molar-refractivity contribution in [2.75, 3.05) is 14.2 Å². The first kappa shape index (κ1) is 11.4. The van der Waals surface area contributed by atoms with E-state index in [2.05, 4.69) is 0 Å². The van der Waals surface area contributed by atoms with Gasteiger partial charge in [0.1, 0.15) is 0 Å². The summed E-state index contributed by atoms with van der Waals surface area (Å²) in [4.78, 5) is 11.0. The van der Waals surface area contributed by atoms with E-state index in [1.165, 1.54) is 20.3 Å². The maximum atomic E-state index is 11.0. The molecule has 0 fully saturated rings. The van der Waals surface area contributed by atoms with Gasteiger partial charge >= 0.3 is 5.97 Å². The molecular weight excluding hydrogens is 196 g/mol. The molecule has 0 aliphatic rings. The lowest BCUT2D eigenvalue weighted by Gasteiger charge is -2.13. The van der Waals surface area contributed by atoms with E-state index in [4.69, 9.17) is 14.6 Å². The van der Waals surface area contributed by atoms with Gasteiger partial charge in [0.05, 0.1) is 19.8 Å². The predicted octanol–water partition coefficient (Wildman–Crippen LogP) is 1.96. The fraction of sp³-hybridized carbons (Fsp3) is 0.364. The highest BCUT2D eigenvalue weighted by molar-refractivity contribution is 5.90. The molecule has 4 nitrogen and oxygen atoms in total. The first-order valence-electron chi connectivity index (χ1n) is 4.62. The van der Waals surface area contributed by atoms with Crippen molar-refractivity contribution >= 4 is 5.97 Å². The van der Waals surface area contributed by atoms with Crippen molar-refractivity contribution in [3.63, 3.8) is 0 Å². The van der Waals surface area contributed by atoms with Crippen LogP contribution in [0.25, 0.3) is 0 Å². The van der Waals surface area contributed by atoms with E-state index in [0.29, 0.717) is 23.5 Å². The Morgan fingerprint density at radius 1 is 1.33 bits per heavy atom. The van der Waals surface area contributed by atoms with E-state index < -0.39 is 5.97 Å². The number of benzene rings is 1. The van der Waals surface area contributed by atoms with Gasteiger partial charge in [0.2, 0.25) is 0 Å². The zero-order chi connectivity index (χ0) is 11.4. The number of aromatic carboxylic acids is 1. The molecule has 1 aromatic rings. The van der Waals surface area contributed by atoms with Crippen LogP contribution in [0.2, 0.25) is 0 Å². The van der Waals surface area contributed by atoms with E-state index in [1.54, 1.807) is 6.07 Å². The number of carbonyl (C=O) groups is 1. The molecule has 0 aliphatic heterocycles. The van der Waals surface area contributed by atoms with Crippen molar-refractivity contribution in [1.29, 1.82) is 0 Å². The Bertz CT molecular complexity index is 371. The van der Waals surface area contributed by atoms with Crippen LogP contribution < -0.4 is 9.47 Å². The minimum absolute atomic E-state index is 0.259. The first-order chi connectivity index (χ1) is 7.15. The number of carboxylic acids is 1. The molecule has 0 spiro atoms. The molecule has 0 bridgehead atoms. The Morgan fingerprint density at radius 3 is 2.40 bits per heavy atom. The minimum atomic E-state index is -0.951. The lowest BCUT2D eigenvalue weighted by atomic mass is 10.0. The molecule has 0 saturated carbocycles. The maximum Gasteiger partial charge on any atom is 0.336 e. The molecule has 0 atom stereocenters. The van der Waals surface area contributed by atoms with Crippen LogP contribution >= 0.6 is 0 Å². The van der Waals surface area contributed by atoms with Gasteiger partial charge in [-0.2, -0.15) is 0 Å². The van der Waals surface area contributed by atoms with Crippen LogP contribution in [-0.4, -0.2) is 25.3 Å². The molecule has 82 valence electrons. The lowest BCUT2D eigenvalue weighted by Crippen LogP contribution is -2.05. The largest absolute Gasteiger partial charge is 0.493 e. The molecule has 1 rings (SSSR count). The molecule has 0 heterocycles. The summed E-state index contributed by atoms with van der Waals surface area (Å²) in [6, 6.07) is 3.13. The van der Waals surface area contributed by atoms with Gasteiger partial charge in [-0.25, -0.2) is 4.79 Å². The standard InChI is InChI=1S/C11H14O4/c1-4-7-8(11(12)13)5-6-9(14-2)10(7)15-3/h5-6H,4H2,1-3H3,(H,12,13). The van der Waals surface area contributed by atoms with E-state index >= 15 is 0 Å². The second-order valence-corrected chi connectivity index (χ2v) is 2.99. The highest BCUT2D eigenvalue weighted by Gasteiger charge is 2.17. The normalized spacial score (nSPS) is 9.80. The molecule has 15 heavy (non-hydrogen) atoms. The Labute approximate surface area is 88.4 Å². The number of hydrogen-bond acceptors (Lipinski definition) is 3. The molecule has 0 amide bonds. The third kappa shape index (κ3) is 2.03. The molecule has 0 aliphatic carbocycles. The van der Waals surface area contributed by atoms with Gasteiger partial charge in [0, 0.05) is 5.56 Å². The average Bonchev–Trinajstić information content (AvgIpc) is 2.26. The van der Waals surface area contributed by atoms with Gasteiger partial charge in [-0.05, 0) is 18.6 Å². The number of methoxy groups -OCH3 is 2. The molecule has 0 unspecified atom stereocenters. The number of rotatable bonds is 4. The van der Waals surface area contributed by atoms with E-state index in [9.17, 15) is 4.79 Å². The van der Waals surface area contributed by atoms with Crippen molar-refractivity contribution in [3.8, 4) is 11.5 Å². The first-order valence-corrected chi connectivity index (χ1v) is 4.62. The van der Waals surface area contributed by atoms with Crippen LogP contribution in [0.1, 0.15) is 22.8 Å². The van der Waals surface area contributed by atoms with Crippen LogP contribution in [-0.2, 0) is 6.42 Å². The highest BCUT2D eigenvalue weighted by Crippen LogP contribution is 2.33. The summed E-state index contributed by atoms with van der Waals surface area (Å²) in [6.07, 6.45) is 0.585. The van der Waals surface area contributed by atoms with E-state index in [0.717, 1.165) is 0 Å². The lowest BCUT2D eigenvalue weighted by molar-refractivity contribution is 0.0695.